The standard InChI is InChI=1S/C21H17NO2/c1-15(2)21(23)24-20-14-17-10-6-7-11-18(17)22-19(20)13-12-16-8-4-3-5-9-16/h3-14H,1H2,2H3. The third kappa shape index (κ3) is 3.58. The molecule has 0 amide bonds. The Morgan fingerprint density at radius 1 is 1.04 bits per heavy atom. The second-order valence-electron chi connectivity index (χ2n) is 5.48. The number of nitrogens with zero attached hydrogens (tertiary/aromatic N) is 1. The van der Waals surface area contributed by atoms with Crippen LogP contribution >= 0.6 is 0 Å². The maximum atomic E-state index is 11.9. The quantitative estimate of drug-likeness (QED) is 0.508. The van der Waals surface area contributed by atoms with Crippen molar-refractivity contribution >= 4 is 29.0 Å². The molecule has 3 rings (SSSR count). The highest BCUT2D eigenvalue weighted by atomic mass is 16.5. The maximum absolute atomic E-state index is 11.9. The lowest BCUT2D eigenvalue weighted by molar-refractivity contribution is -0.130. The minimum Gasteiger partial charge on any atom is -0.421 e. The molecule has 0 N–H and O–H groups in total. The molecule has 1 heterocycles. The Morgan fingerprint density at radius 3 is 2.50 bits per heavy atom. The number of esters is 1. The van der Waals surface area contributed by atoms with Gasteiger partial charge in [0.1, 0.15) is 5.69 Å². The molecule has 118 valence electrons. The Labute approximate surface area is 140 Å². The first kappa shape index (κ1) is 15.7. The molecule has 3 heteroatoms. The van der Waals surface area contributed by atoms with Crippen LogP contribution in [0.4, 0.5) is 0 Å². The Bertz CT molecular complexity index is 927. The Morgan fingerprint density at radius 2 is 1.75 bits per heavy atom. The summed E-state index contributed by atoms with van der Waals surface area (Å²) >= 11 is 0. The van der Waals surface area contributed by atoms with Crippen molar-refractivity contribution in [1.82, 2.24) is 4.98 Å². The van der Waals surface area contributed by atoms with Gasteiger partial charge >= 0.3 is 5.97 Å². The summed E-state index contributed by atoms with van der Waals surface area (Å²) in [5.41, 5.74) is 2.85. The topological polar surface area (TPSA) is 39.2 Å². The number of benzene rings is 2. The summed E-state index contributed by atoms with van der Waals surface area (Å²) in [5.74, 6) is -0.0321. The zero-order chi connectivity index (χ0) is 16.9. The third-order valence-electron chi connectivity index (χ3n) is 3.50. The molecule has 2 aromatic carbocycles. The fourth-order valence-electron chi connectivity index (χ4n) is 2.24. The van der Waals surface area contributed by atoms with E-state index >= 15 is 0 Å². The number of hydrogen-bond acceptors (Lipinski definition) is 3. The third-order valence-corrected chi connectivity index (χ3v) is 3.50. The smallest absolute Gasteiger partial charge is 0.338 e. The fraction of sp³-hybridized carbons (Fsp3) is 0.0476. The van der Waals surface area contributed by atoms with Crippen LogP contribution in [0.15, 0.2) is 72.8 Å². The van der Waals surface area contributed by atoms with Crippen LogP contribution in [0, 0.1) is 0 Å². The monoisotopic (exact) mass is 315 g/mol. The van der Waals surface area contributed by atoms with E-state index in [0.717, 1.165) is 16.5 Å². The van der Waals surface area contributed by atoms with Crippen LogP contribution in [0.3, 0.4) is 0 Å². The summed E-state index contributed by atoms with van der Waals surface area (Å²) in [6.45, 7) is 5.25. The van der Waals surface area contributed by atoms with Crippen molar-refractivity contribution in [1.29, 1.82) is 0 Å². The number of carbonyl (C=O) groups excluding carboxylic acids is 1. The predicted octanol–water partition coefficient (Wildman–Crippen LogP) is 4.89. The zero-order valence-corrected chi connectivity index (χ0v) is 13.4. The first-order valence-corrected chi connectivity index (χ1v) is 7.64. The molecule has 0 saturated carbocycles. The molecule has 24 heavy (non-hydrogen) atoms. The molecule has 1 aromatic heterocycles. The Balaban J connectivity index is 2.04. The van der Waals surface area contributed by atoms with Crippen LogP contribution in [0.5, 0.6) is 5.75 Å². The van der Waals surface area contributed by atoms with Gasteiger partial charge in [-0.25, -0.2) is 9.78 Å². The van der Waals surface area contributed by atoms with E-state index in [2.05, 4.69) is 11.6 Å². The summed E-state index contributed by atoms with van der Waals surface area (Å²) in [6.07, 6.45) is 3.79. The molecule has 3 aromatic rings. The average molecular weight is 315 g/mol. The molecule has 0 fully saturated rings. The van der Waals surface area contributed by atoms with Gasteiger partial charge in [-0.1, -0.05) is 61.2 Å². The number of ether oxygens (including phenoxy) is 1. The predicted molar refractivity (Wildman–Crippen MR) is 97.6 cm³/mol. The molecule has 0 radical (unpaired) electrons. The maximum Gasteiger partial charge on any atom is 0.338 e. The summed E-state index contributed by atoms with van der Waals surface area (Å²) in [6, 6.07) is 19.4. The van der Waals surface area contributed by atoms with E-state index < -0.39 is 5.97 Å². The highest BCUT2D eigenvalue weighted by molar-refractivity contribution is 5.91. The molecule has 0 atom stereocenters. The minimum absolute atomic E-state index is 0.348. The zero-order valence-electron chi connectivity index (χ0n) is 13.4. The highest BCUT2D eigenvalue weighted by Crippen LogP contribution is 2.25. The van der Waals surface area contributed by atoms with Crippen LogP contribution < -0.4 is 4.74 Å². The summed E-state index contributed by atoms with van der Waals surface area (Å²) in [7, 11) is 0. The number of aromatic nitrogens is 1. The largest absolute Gasteiger partial charge is 0.421 e. The minimum atomic E-state index is -0.457. The summed E-state index contributed by atoms with van der Waals surface area (Å²) in [4.78, 5) is 16.5. The van der Waals surface area contributed by atoms with Gasteiger partial charge in [0, 0.05) is 11.0 Å². The van der Waals surface area contributed by atoms with E-state index in [4.69, 9.17) is 4.74 Å². The molecule has 0 aliphatic carbocycles. The van der Waals surface area contributed by atoms with Crippen LogP contribution in [-0.4, -0.2) is 11.0 Å². The van der Waals surface area contributed by atoms with Gasteiger partial charge in [0.2, 0.25) is 0 Å². The van der Waals surface area contributed by atoms with Crippen molar-refractivity contribution < 1.29 is 9.53 Å². The SMILES string of the molecule is C=C(C)C(=O)Oc1cc2ccccc2nc1C=Cc1ccccc1. The Kier molecular flexibility index (Phi) is 4.52. The molecule has 3 nitrogen and oxygen atoms in total. The van der Waals surface area contributed by atoms with Gasteiger partial charge in [0.05, 0.1) is 5.52 Å². The lowest BCUT2D eigenvalue weighted by Gasteiger charge is -2.09. The summed E-state index contributed by atoms with van der Waals surface area (Å²) < 4.78 is 5.45. The van der Waals surface area contributed by atoms with Crippen LogP contribution in [0.25, 0.3) is 23.1 Å². The van der Waals surface area contributed by atoms with Crippen molar-refractivity contribution in [3.8, 4) is 5.75 Å². The van der Waals surface area contributed by atoms with Crippen LogP contribution in [-0.2, 0) is 4.79 Å². The summed E-state index contributed by atoms with van der Waals surface area (Å²) in [5, 5.41) is 0.916. The number of para-hydroxylation sites is 1. The van der Waals surface area contributed by atoms with E-state index in [0.29, 0.717) is 17.0 Å². The molecular formula is C21H17NO2. The van der Waals surface area contributed by atoms with Gasteiger partial charge in [-0.05, 0) is 30.7 Å². The van der Waals surface area contributed by atoms with Crippen molar-refractivity contribution in [3.05, 3.63) is 84.1 Å². The molecule has 0 aliphatic heterocycles. The highest BCUT2D eigenvalue weighted by Gasteiger charge is 2.11. The van der Waals surface area contributed by atoms with Crippen molar-refractivity contribution in [2.24, 2.45) is 0 Å². The lowest BCUT2D eigenvalue weighted by atomic mass is 10.1. The first-order chi connectivity index (χ1) is 11.6. The number of rotatable bonds is 4. The second kappa shape index (κ2) is 6.92. The molecule has 0 bridgehead atoms. The van der Waals surface area contributed by atoms with Gasteiger partial charge < -0.3 is 4.74 Å². The van der Waals surface area contributed by atoms with E-state index in [1.807, 2.05) is 72.8 Å². The number of fused-ring (bicyclic) bond motifs is 1. The number of carbonyl (C=O) groups is 1. The van der Waals surface area contributed by atoms with Gasteiger partial charge in [-0.3, -0.25) is 0 Å². The van der Waals surface area contributed by atoms with Gasteiger partial charge in [-0.2, -0.15) is 0 Å². The first-order valence-electron chi connectivity index (χ1n) is 7.64. The lowest BCUT2D eigenvalue weighted by Crippen LogP contribution is -2.09. The molecular weight excluding hydrogens is 298 g/mol. The Hall–Kier alpha value is -3.20. The van der Waals surface area contributed by atoms with Crippen LogP contribution in [0.2, 0.25) is 0 Å². The molecule has 0 aliphatic rings. The fourth-order valence-corrected chi connectivity index (χ4v) is 2.24. The normalized spacial score (nSPS) is 10.9. The van der Waals surface area contributed by atoms with E-state index in [9.17, 15) is 4.79 Å². The average Bonchev–Trinajstić information content (AvgIpc) is 2.60. The van der Waals surface area contributed by atoms with Crippen molar-refractivity contribution in [2.75, 3.05) is 0 Å². The molecule has 0 unspecified atom stereocenters. The van der Waals surface area contributed by atoms with Crippen molar-refractivity contribution in [2.45, 2.75) is 6.92 Å². The van der Waals surface area contributed by atoms with E-state index in [1.54, 1.807) is 6.92 Å². The van der Waals surface area contributed by atoms with Gasteiger partial charge in [-0.15, -0.1) is 0 Å². The number of pyridine rings is 1. The van der Waals surface area contributed by atoms with E-state index in [-0.39, 0.29) is 0 Å². The number of hydrogen-bond donors (Lipinski definition) is 0. The van der Waals surface area contributed by atoms with Gasteiger partial charge in [0.15, 0.2) is 5.75 Å². The van der Waals surface area contributed by atoms with Crippen LogP contribution in [0.1, 0.15) is 18.2 Å². The molecule has 0 saturated heterocycles. The van der Waals surface area contributed by atoms with Crippen molar-refractivity contribution in [3.63, 3.8) is 0 Å². The van der Waals surface area contributed by atoms with Gasteiger partial charge in [0.25, 0.3) is 0 Å². The molecule has 0 spiro atoms. The second-order valence-corrected chi connectivity index (χ2v) is 5.48. The van der Waals surface area contributed by atoms with E-state index in [1.165, 1.54) is 0 Å².